The average Bonchev–Trinajstić information content (AvgIpc) is 3.40. The van der Waals surface area contributed by atoms with Crippen LogP contribution in [0.1, 0.15) is 16.9 Å². The van der Waals surface area contributed by atoms with Crippen LogP contribution in [0.15, 0.2) is 24.7 Å². The fourth-order valence-corrected chi connectivity index (χ4v) is 6.80. The maximum Gasteiger partial charge on any atom is 0.226 e. The number of hydrogen-bond donors (Lipinski definition) is 2. The van der Waals surface area contributed by atoms with Crippen molar-refractivity contribution in [1.82, 2.24) is 25.1 Å². The number of likely N-dealkylation sites (tertiary alicyclic amines) is 1. The Labute approximate surface area is 199 Å². The van der Waals surface area contributed by atoms with E-state index < -0.39 is 0 Å². The molecule has 4 aromatic rings. The van der Waals surface area contributed by atoms with Gasteiger partial charge in [-0.1, -0.05) is 0 Å². The van der Waals surface area contributed by atoms with Gasteiger partial charge in [0.2, 0.25) is 5.91 Å². The van der Waals surface area contributed by atoms with Gasteiger partial charge in [0.05, 0.1) is 48.5 Å². The minimum absolute atomic E-state index is 0.0480. The first-order chi connectivity index (χ1) is 16.6. The van der Waals surface area contributed by atoms with Gasteiger partial charge in [-0.25, -0.2) is 9.97 Å². The number of carbonyl (C=O) groups excluding carboxylic acids is 1. The summed E-state index contributed by atoms with van der Waals surface area (Å²) in [6.45, 7) is 3.30. The number of anilines is 2. The molecular formula is C24H24N6O3S. The van der Waals surface area contributed by atoms with Gasteiger partial charge in [-0.2, -0.15) is 5.10 Å². The van der Waals surface area contributed by atoms with Crippen molar-refractivity contribution >= 4 is 49.9 Å². The summed E-state index contributed by atoms with van der Waals surface area (Å²) in [5, 5.41) is 12.6. The molecule has 2 aliphatic heterocycles. The van der Waals surface area contributed by atoms with Crippen molar-refractivity contribution in [1.29, 1.82) is 0 Å². The third-order valence-corrected chi connectivity index (χ3v) is 8.55. The first-order valence-electron chi connectivity index (χ1n) is 11.5. The fraction of sp³-hybridized carbons (Fsp3) is 0.417. The number of aromatic amines is 1. The zero-order chi connectivity index (χ0) is 22.9. The number of nitrogens with zero attached hydrogens (tertiary/aromatic N) is 4. The van der Waals surface area contributed by atoms with Gasteiger partial charge in [0.1, 0.15) is 22.7 Å². The Hall–Kier alpha value is -3.24. The summed E-state index contributed by atoms with van der Waals surface area (Å²) in [5.41, 5.74) is 3.26. The molecule has 2 saturated heterocycles. The third-order valence-electron chi connectivity index (χ3n) is 7.39. The molecular weight excluding hydrogens is 452 g/mol. The van der Waals surface area contributed by atoms with E-state index in [0.717, 1.165) is 78.2 Å². The summed E-state index contributed by atoms with van der Waals surface area (Å²) in [7, 11) is 1.65. The van der Waals surface area contributed by atoms with E-state index in [-0.39, 0.29) is 11.3 Å². The number of carbonyl (C=O) groups is 1. The highest BCUT2D eigenvalue weighted by Crippen LogP contribution is 2.43. The number of benzene rings is 1. The van der Waals surface area contributed by atoms with Crippen LogP contribution < -0.4 is 10.1 Å². The SMILES string of the molecule is COc1cc2[nH]ncc2cc1Nc1ncnc2sc3c(c12)CC[C@H](C(=O)N1CC2(COC2)C1)C3. The highest BCUT2D eigenvalue weighted by Gasteiger charge is 2.51. The van der Waals surface area contributed by atoms with Crippen LogP contribution in [0.2, 0.25) is 0 Å². The maximum absolute atomic E-state index is 13.1. The second kappa shape index (κ2) is 7.38. The van der Waals surface area contributed by atoms with E-state index in [0.29, 0.717) is 11.7 Å². The highest BCUT2D eigenvalue weighted by molar-refractivity contribution is 7.19. The van der Waals surface area contributed by atoms with E-state index in [1.165, 1.54) is 10.4 Å². The molecule has 2 N–H and O–H groups in total. The smallest absolute Gasteiger partial charge is 0.226 e. The van der Waals surface area contributed by atoms with E-state index in [1.807, 2.05) is 17.0 Å². The highest BCUT2D eigenvalue weighted by atomic mass is 32.1. The van der Waals surface area contributed by atoms with Crippen LogP contribution >= 0.6 is 11.3 Å². The molecule has 0 radical (unpaired) electrons. The number of amides is 1. The van der Waals surface area contributed by atoms with Gasteiger partial charge < -0.3 is 19.7 Å². The van der Waals surface area contributed by atoms with Crippen LogP contribution in [-0.2, 0) is 22.4 Å². The van der Waals surface area contributed by atoms with Crippen LogP contribution in [0.4, 0.5) is 11.5 Å². The van der Waals surface area contributed by atoms with Gasteiger partial charge in [-0.05, 0) is 30.9 Å². The molecule has 0 unspecified atom stereocenters. The minimum Gasteiger partial charge on any atom is -0.494 e. The molecule has 1 amide bonds. The number of thiophene rings is 1. The molecule has 9 nitrogen and oxygen atoms in total. The van der Waals surface area contributed by atoms with E-state index in [4.69, 9.17) is 9.47 Å². The Morgan fingerprint density at radius 2 is 2.21 bits per heavy atom. The summed E-state index contributed by atoms with van der Waals surface area (Å²) >= 11 is 1.68. The monoisotopic (exact) mass is 476 g/mol. The molecule has 174 valence electrons. The summed E-state index contributed by atoms with van der Waals surface area (Å²) < 4.78 is 11.0. The lowest BCUT2D eigenvalue weighted by atomic mass is 9.76. The quantitative estimate of drug-likeness (QED) is 0.466. The molecule has 2 fully saturated rings. The number of methoxy groups -OCH3 is 1. The van der Waals surface area contributed by atoms with Gasteiger partial charge in [0.25, 0.3) is 0 Å². The van der Waals surface area contributed by atoms with Crippen LogP contribution in [0.3, 0.4) is 0 Å². The van der Waals surface area contributed by atoms with E-state index in [2.05, 4.69) is 25.5 Å². The van der Waals surface area contributed by atoms with Crippen LogP contribution in [0, 0.1) is 11.3 Å². The van der Waals surface area contributed by atoms with Gasteiger partial charge >= 0.3 is 0 Å². The van der Waals surface area contributed by atoms with Crippen LogP contribution in [0.5, 0.6) is 5.75 Å². The molecule has 34 heavy (non-hydrogen) atoms. The first kappa shape index (κ1) is 20.2. The molecule has 1 atom stereocenters. The van der Waals surface area contributed by atoms with Crippen molar-refractivity contribution in [2.24, 2.45) is 11.3 Å². The topological polar surface area (TPSA) is 105 Å². The summed E-state index contributed by atoms with van der Waals surface area (Å²) in [5.74, 6) is 1.82. The first-order valence-corrected chi connectivity index (χ1v) is 12.3. The molecule has 1 aliphatic carbocycles. The Bertz CT molecular complexity index is 1430. The second-order valence-corrected chi connectivity index (χ2v) is 10.8. The van der Waals surface area contributed by atoms with E-state index in [1.54, 1.807) is 31.0 Å². The molecule has 5 heterocycles. The second-order valence-electron chi connectivity index (χ2n) is 9.67. The summed E-state index contributed by atoms with van der Waals surface area (Å²) in [4.78, 5) is 26.5. The zero-order valence-corrected chi connectivity index (χ0v) is 19.6. The third kappa shape index (κ3) is 3.01. The van der Waals surface area contributed by atoms with Gasteiger partial charge in [-0.3, -0.25) is 9.89 Å². The molecule has 7 rings (SSSR count). The average molecular weight is 477 g/mol. The summed E-state index contributed by atoms with van der Waals surface area (Å²) in [6.07, 6.45) is 5.87. The van der Waals surface area contributed by atoms with E-state index >= 15 is 0 Å². The van der Waals surface area contributed by atoms with Crippen molar-refractivity contribution in [2.45, 2.75) is 19.3 Å². The fourth-order valence-electron chi connectivity index (χ4n) is 5.53. The van der Waals surface area contributed by atoms with Crippen molar-refractivity contribution in [3.63, 3.8) is 0 Å². The minimum atomic E-state index is 0.0480. The molecule has 3 aromatic heterocycles. The maximum atomic E-state index is 13.1. The lowest BCUT2D eigenvalue weighted by Gasteiger charge is -2.55. The summed E-state index contributed by atoms with van der Waals surface area (Å²) in [6, 6.07) is 3.93. The molecule has 10 heteroatoms. The Balaban J connectivity index is 1.18. The normalized spacial score (nSPS) is 20.7. The van der Waals surface area contributed by atoms with Gasteiger partial charge in [0, 0.05) is 35.3 Å². The Kier molecular flexibility index (Phi) is 4.38. The van der Waals surface area contributed by atoms with Gasteiger partial charge in [0.15, 0.2) is 0 Å². The molecule has 1 spiro atoms. The Morgan fingerprint density at radius 3 is 3.00 bits per heavy atom. The van der Waals surface area contributed by atoms with Crippen LogP contribution in [-0.4, -0.2) is 64.4 Å². The van der Waals surface area contributed by atoms with E-state index in [9.17, 15) is 4.79 Å². The van der Waals surface area contributed by atoms with Crippen molar-refractivity contribution in [3.05, 3.63) is 35.1 Å². The largest absolute Gasteiger partial charge is 0.494 e. The molecule has 0 bridgehead atoms. The predicted octanol–water partition coefficient (Wildman–Crippen LogP) is 3.28. The van der Waals surface area contributed by atoms with Crippen molar-refractivity contribution in [3.8, 4) is 5.75 Å². The number of H-pyrrole nitrogens is 1. The number of nitrogens with one attached hydrogen (secondary N) is 2. The number of ether oxygens (including phenoxy) is 2. The molecule has 0 saturated carbocycles. The number of aryl methyl sites for hydroxylation is 1. The number of aromatic nitrogens is 4. The van der Waals surface area contributed by atoms with Crippen LogP contribution in [0.25, 0.3) is 21.1 Å². The van der Waals surface area contributed by atoms with Crippen molar-refractivity contribution < 1.29 is 14.3 Å². The number of hydrogen-bond acceptors (Lipinski definition) is 8. The number of fused-ring (bicyclic) bond motifs is 4. The molecule has 1 aromatic carbocycles. The van der Waals surface area contributed by atoms with Gasteiger partial charge in [-0.15, -0.1) is 11.3 Å². The lowest BCUT2D eigenvalue weighted by Crippen LogP contribution is -2.68. The standard InChI is InChI=1S/C24H24N6O3S/c1-32-18-6-16-14(7-27-29-16)4-17(18)28-21-20-15-3-2-13(5-19(15)34-22(20)26-12-25-21)23(31)30-8-24(9-30)10-33-11-24/h4,6-7,12-13H,2-3,5,8-11H2,1H3,(H,27,29)(H,25,26,28)/t13-/m0/s1. The number of rotatable bonds is 4. The predicted molar refractivity (Wildman–Crippen MR) is 129 cm³/mol. The zero-order valence-electron chi connectivity index (χ0n) is 18.8. The molecule has 3 aliphatic rings. The Morgan fingerprint density at radius 1 is 1.32 bits per heavy atom. The lowest BCUT2D eigenvalue weighted by molar-refractivity contribution is -0.197. The van der Waals surface area contributed by atoms with Crippen molar-refractivity contribution in [2.75, 3.05) is 38.7 Å².